The molecule has 0 aliphatic carbocycles. The largest absolute Gasteiger partial charge is 0.339 e. The summed E-state index contributed by atoms with van der Waals surface area (Å²) in [6, 6.07) is 4.13. The Labute approximate surface area is 91.3 Å². The van der Waals surface area contributed by atoms with Crippen molar-refractivity contribution in [1.29, 1.82) is 0 Å². The van der Waals surface area contributed by atoms with Crippen LogP contribution in [-0.2, 0) is 6.42 Å². The number of hydrogen-bond donors (Lipinski definition) is 1. The molecular weight excluding hydrogens is 210 g/mol. The van der Waals surface area contributed by atoms with E-state index < -0.39 is 0 Å². The second kappa shape index (κ2) is 3.75. The summed E-state index contributed by atoms with van der Waals surface area (Å²) in [4.78, 5) is 5.67. The molecule has 2 aromatic rings. The second-order valence-electron chi connectivity index (χ2n) is 3.66. The lowest BCUT2D eigenvalue weighted by molar-refractivity contribution is 0.306. The number of nitrogens with one attached hydrogen (secondary N) is 1. The van der Waals surface area contributed by atoms with Gasteiger partial charge in [0, 0.05) is 24.4 Å². The van der Waals surface area contributed by atoms with Gasteiger partial charge in [0.1, 0.15) is 0 Å². The van der Waals surface area contributed by atoms with Gasteiger partial charge in [0.15, 0.2) is 5.82 Å². The SMILES string of the molecule is c1csc(Cc2noc(C3CNC3)n2)c1. The highest BCUT2D eigenvalue weighted by Gasteiger charge is 2.24. The molecule has 2 aromatic heterocycles. The molecule has 0 amide bonds. The summed E-state index contributed by atoms with van der Waals surface area (Å²) in [5.74, 6) is 1.99. The van der Waals surface area contributed by atoms with Crippen LogP contribution in [0.5, 0.6) is 0 Å². The normalized spacial score (nSPS) is 16.5. The topological polar surface area (TPSA) is 51.0 Å². The van der Waals surface area contributed by atoms with E-state index in [0.717, 1.165) is 31.2 Å². The first-order valence-corrected chi connectivity index (χ1v) is 5.85. The maximum atomic E-state index is 5.22. The van der Waals surface area contributed by atoms with Gasteiger partial charge in [0.2, 0.25) is 5.89 Å². The van der Waals surface area contributed by atoms with Crippen molar-refractivity contribution in [2.24, 2.45) is 0 Å². The number of rotatable bonds is 3. The van der Waals surface area contributed by atoms with E-state index in [4.69, 9.17) is 4.52 Å². The van der Waals surface area contributed by atoms with Gasteiger partial charge in [-0.15, -0.1) is 11.3 Å². The van der Waals surface area contributed by atoms with Crippen LogP contribution in [0.15, 0.2) is 22.0 Å². The summed E-state index contributed by atoms with van der Waals surface area (Å²) in [5.41, 5.74) is 0. The first-order valence-electron chi connectivity index (χ1n) is 4.97. The third kappa shape index (κ3) is 1.80. The first kappa shape index (κ1) is 9.06. The van der Waals surface area contributed by atoms with Gasteiger partial charge in [-0.25, -0.2) is 0 Å². The summed E-state index contributed by atoms with van der Waals surface area (Å²) in [6.45, 7) is 1.92. The van der Waals surface area contributed by atoms with Crippen LogP contribution in [-0.4, -0.2) is 23.2 Å². The van der Waals surface area contributed by atoms with E-state index in [1.807, 2.05) is 6.07 Å². The third-order valence-corrected chi connectivity index (χ3v) is 3.40. The summed E-state index contributed by atoms with van der Waals surface area (Å²) in [6.07, 6.45) is 0.779. The second-order valence-corrected chi connectivity index (χ2v) is 4.69. The molecule has 3 heterocycles. The van der Waals surface area contributed by atoms with E-state index in [0.29, 0.717) is 5.92 Å². The molecule has 0 aromatic carbocycles. The van der Waals surface area contributed by atoms with Crippen LogP contribution in [0.25, 0.3) is 0 Å². The summed E-state index contributed by atoms with van der Waals surface area (Å²) < 4.78 is 5.22. The van der Waals surface area contributed by atoms with Gasteiger partial charge in [0.05, 0.1) is 5.92 Å². The van der Waals surface area contributed by atoms with Crippen molar-refractivity contribution in [3.8, 4) is 0 Å². The molecule has 0 spiro atoms. The Morgan fingerprint density at radius 2 is 2.47 bits per heavy atom. The van der Waals surface area contributed by atoms with Crippen LogP contribution < -0.4 is 5.32 Å². The maximum Gasteiger partial charge on any atom is 0.232 e. The molecule has 1 fully saturated rings. The van der Waals surface area contributed by atoms with Crippen LogP contribution in [0, 0.1) is 0 Å². The number of thiophene rings is 1. The van der Waals surface area contributed by atoms with Gasteiger partial charge in [0.25, 0.3) is 0 Å². The van der Waals surface area contributed by atoms with E-state index in [1.165, 1.54) is 4.88 Å². The highest BCUT2D eigenvalue weighted by atomic mass is 32.1. The van der Waals surface area contributed by atoms with E-state index in [-0.39, 0.29) is 0 Å². The molecule has 15 heavy (non-hydrogen) atoms. The Bertz CT molecular complexity index is 433. The van der Waals surface area contributed by atoms with Crippen LogP contribution in [0.2, 0.25) is 0 Å². The fraction of sp³-hybridized carbons (Fsp3) is 0.400. The smallest absolute Gasteiger partial charge is 0.232 e. The number of nitrogens with zero attached hydrogens (tertiary/aromatic N) is 2. The minimum Gasteiger partial charge on any atom is -0.339 e. The fourth-order valence-corrected chi connectivity index (χ4v) is 2.24. The molecule has 1 aliphatic heterocycles. The van der Waals surface area contributed by atoms with E-state index in [2.05, 4.69) is 26.9 Å². The summed E-state index contributed by atoms with van der Waals surface area (Å²) >= 11 is 1.72. The zero-order valence-corrected chi connectivity index (χ0v) is 8.96. The minimum absolute atomic E-state index is 0.426. The van der Waals surface area contributed by atoms with Gasteiger partial charge < -0.3 is 9.84 Å². The standard InChI is InChI=1S/C10H11N3OS/c1-2-8(15-3-1)4-9-12-10(14-13-9)7-5-11-6-7/h1-3,7,11H,4-6H2. The summed E-state index contributed by atoms with van der Waals surface area (Å²) in [5, 5.41) is 9.24. The van der Waals surface area contributed by atoms with E-state index in [1.54, 1.807) is 11.3 Å². The zero-order valence-electron chi connectivity index (χ0n) is 8.14. The highest BCUT2D eigenvalue weighted by Crippen LogP contribution is 2.19. The van der Waals surface area contributed by atoms with E-state index in [9.17, 15) is 0 Å². The molecule has 1 saturated heterocycles. The summed E-state index contributed by atoms with van der Waals surface area (Å²) in [7, 11) is 0. The van der Waals surface area contributed by atoms with Gasteiger partial charge >= 0.3 is 0 Å². The Morgan fingerprint density at radius 1 is 1.53 bits per heavy atom. The molecule has 0 saturated carbocycles. The van der Waals surface area contributed by atoms with Crippen molar-refractivity contribution in [2.75, 3.05) is 13.1 Å². The predicted octanol–water partition coefficient (Wildman–Crippen LogP) is 1.41. The van der Waals surface area contributed by atoms with Crippen LogP contribution in [0.1, 0.15) is 22.5 Å². The van der Waals surface area contributed by atoms with Crippen molar-refractivity contribution >= 4 is 11.3 Å². The van der Waals surface area contributed by atoms with Gasteiger partial charge in [-0.05, 0) is 11.4 Å². The Kier molecular flexibility index (Phi) is 2.26. The molecule has 78 valence electrons. The van der Waals surface area contributed by atoms with Crippen LogP contribution in [0.3, 0.4) is 0 Å². The molecule has 5 heteroatoms. The molecule has 0 radical (unpaired) electrons. The quantitative estimate of drug-likeness (QED) is 0.851. The van der Waals surface area contributed by atoms with E-state index >= 15 is 0 Å². The maximum absolute atomic E-state index is 5.22. The fourth-order valence-electron chi connectivity index (χ4n) is 1.54. The average molecular weight is 221 g/mol. The third-order valence-electron chi connectivity index (χ3n) is 2.53. The Morgan fingerprint density at radius 3 is 3.13 bits per heavy atom. The predicted molar refractivity (Wildman–Crippen MR) is 57.0 cm³/mol. The lowest BCUT2D eigenvalue weighted by Gasteiger charge is -2.22. The number of hydrogen-bond acceptors (Lipinski definition) is 5. The zero-order chi connectivity index (χ0) is 10.1. The minimum atomic E-state index is 0.426. The molecule has 1 aliphatic rings. The monoisotopic (exact) mass is 221 g/mol. The van der Waals surface area contributed by atoms with Gasteiger partial charge in [-0.3, -0.25) is 0 Å². The van der Waals surface area contributed by atoms with Gasteiger partial charge in [-0.1, -0.05) is 11.2 Å². The lowest BCUT2D eigenvalue weighted by Crippen LogP contribution is -2.40. The number of aromatic nitrogens is 2. The molecule has 1 N–H and O–H groups in total. The lowest BCUT2D eigenvalue weighted by atomic mass is 10.0. The molecule has 4 nitrogen and oxygen atoms in total. The average Bonchev–Trinajstić information content (AvgIpc) is 2.75. The molecular formula is C10H11N3OS. The van der Waals surface area contributed by atoms with Crippen molar-refractivity contribution in [3.05, 3.63) is 34.1 Å². The van der Waals surface area contributed by atoms with Crippen molar-refractivity contribution in [2.45, 2.75) is 12.3 Å². The Hall–Kier alpha value is -1.20. The highest BCUT2D eigenvalue weighted by molar-refractivity contribution is 7.09. The van der Waals surface area contributed by atoms with Crippen LogP contribution in [0.4, 0.5) is 0 Å². The van der Waals surface area contributed by atoms with Crippen molar-refractivity contribution in [1.82, 2.24) is 15.5 Å². The first-order chi connectivity index (χ1) is 7.42. The molecule has 0 bridgehead atoms. The van der Waals surface area contributed by atoms with Crippen molar-refractivity contribution < 1.29 is 4.52 Å². The Balaban J connectivity index is 1.73. The molecule has 0 unspecified atom stereocenters. The molecule has 3 rings (SSSR count). The van der Waals surface area contributed by atoms with Crippen LogP contribution >= 0.6 is 11.3 Å². The molecule has 0 atom stereocenters. The van der Waals surface area contributed by atoms with Gasteiger partial charge in [-0.2, -0.15) is 4.98 Å². The van der Waals surface area contributed by atoms with Crippen molar-refractivity contribution in [3.63, 3.8) is 0 Å².